The van der Waals surface area contributed by atoms with Crippen LogP contribution in [0.25, 0.3) is 16.7 Å². The number of amides is 2. The van der Waals surface area contributed by atoms with E-state index in [1.807, 2.05) is 72.7 Å². The summed E-state index contributed by atoms with van der Waals surface area (Å²) in [5.74, 6) is -0.457. The summed E-state index contributed by atoms with van der Waals surface area (Å²) >= 11 is 1.11. The normalized spacial score (nSPS) is 12.1. The van der Waals surface area contributed by atoms with Gasteiger partial charge in [-0.25, -0.2) is 9.67 Å². The third-order valence-electron chi connectivity index (χ3n) is 4.59. The number of benzene rings is 1. The van der Waals surface area contributed by atoms with Crippen LogP contribution < -0.4 is 16.2 Å². The van der Waals surface area contributed by atoms with E-state index in [0.717, 1.165) is 23.0 Å². The third kappa shape index (κ3) is 6.47. The Bertz CT molecular complexity index is 1260. The molecule has 9 nitrogen and oxygen atoms in total. The van der Waals surface area contributed by atoms with E-state index < -0.39 is 5.54 Å². The molecule has 182 valence electrons. The quantitative estimate of drug-likeness (QED) is 0.411. The van der Waals surface area contributed by atoms with Crippen LogP contribution in [0.4, 0.5) is 0 Å². The lowest BCUT2D eigenvalue weighted by atomic mass is 10.1. The number of nitrogens with one attached hydrogen (secondary N) is 2. The molecule has 0 aliphatic rings. The van der Waals surface area contributed by atoms with Gasteiger partial charge in [0, 0.05) is 11.1 Å². The van der Waals surface area contributed by atoms with Crippen LogP contribution in [0.5, 0.6) is 0 Å². The first-order valence-electron chi connectivity index (χ1n) is 11.0. The van der Waals surface area contributed by atoms with E-state index in [0.29, 0.717) is 11.0 Å². The topological polar surface area (TPSA) is 111 Å². The van der Waals surface area contributed by atoms with Crippen LogP contribution in [-0.4, -0.2) is 48.0 Å². The van der Waals surface area contributed by atoms with Gasteiger partial charge in [-0.2, -0.15) is 5.10 Å². The minimum absolute atomic E-state index is 0.0504. The lowest BCUT2D eigenvalue weighted by Crippen LogP contribution is -2.44. The fraction of sp³-hybridized carbons (Fsp3) is 0.458. The first-order chi connectivity index (χ1) is 15.7. The van der Waals surface area contributed by atoms with Crippen molar-refractivity contribution in [1.82, 2.24) is 30.0 Å². The molecule has 2 aromatic heterocycles. The highest BCUT2D eigenvalue weighted by atomic mass is 32.2. The Morgan fingerprint density at radius 3 is 2.15 bits per heavy atom. The van der Waals surface area contributed by atoms with Crippen molar-refractivity contribution in [1.29, 1.82) is 0 Å². The summed E-state index contributed by atoms with van der Waals surface area (Å²) in [6.07, 6.45) is 1.46. The SMILES string of the molecule is Cc1ccc(-n2ncc3c(=O)n(CC(=O)NC(C)(C)C)c(SCC(=O)NC(C)(C)C)nc32)cc1. The Kier molecular flexibility index (Phi) is 7.21. The van der Waals surface area contributed by atoms with Crippen LogP contribution in [0.1, 0.15) is 47.1 Å². The van der Waals surface area contributed by atoms with Crippen molar-refractivity contribution in [2.75, 3.05) is 5.75 Å². The molecule has 3 rings (SSSR count). The van der Waals surface area contributed by atoms with Gasteiger partial charge in [0.05, 0.1) is 17.6 Å². The molecular weight excluding hydrogens is 452 g/mol. The van der Waals surface area contributed by atoms with Crippen molar-refractivity contribution in [3.63, 3.8) is 0 Å². The van der Waals surface area contributed by atoms with Gasteiger partial charge in [0.2, 0.25) is 11.8 Å². The summed E-state index contributed by atoms with van der Waals surface area (Å²) in [6, 6.07) is 7.70. The fourth-order valence-corrected chi connectivity index (χ4v) is 4.08. The molecule has 34 heavy (non-hydrogen) atoms. The number of aromatic nitrogens is 4. The van der Waals surface area contributed by atoms with Crippen molar-refractivity contribution in [2.24, 2.45) is 0 Å². The number of hydrogen-bond donors (Lipinski definition) is 2. The maximum Gasteiger partial charge on any atom is 0.265 e. The predicted molar refractivity (Wildman–Crippen MR) is 134 cm³/mol. The van der Waals surface area contributed by atoms with Gasteiger partial charge in [0.15, 0.2) is 10.8 Å². The zero-order valence-corrected chi connectivity index (χ0v) is 21.5. The fourth-order valence-electron chi connectivity index (χ4n) is 3.29. The molecule has 0 atom stereocenters. The van der Waals surface area contributed by atoms with Crippen LogP contribution in [-0.2, 0) is 16.1 Å². The highest BCUT2D eigenvalue weighted by Crippen LogP contribution is 2.20. The standard InChI is InChI=1S/C24H32N6O3S/c1-15-8-10-16(11-9-15)30-20-17(12-25-30)21(33)29(13-18(31)27-23(2,3)4)22(26-20)34-14-19(32)28-24(5,6)7/h8-12H,13-14H2,1-7H3,(H,27,31)(H,28,32). The molecule has 0 radical (unpaired) electrons. The lowest BCUT2D eigenvalue weighted by Gasteiger charge is -2.22. The highest BCUT2D eigenvalue weighted by Gasteiger charge is 2.22. The molecule has 0 unspecified atom stereocenters. The van der Waals surface area contributed by atoms with Crippen LogP contribution in [0.2, 0.25) is 0 Å². The summed E-state index contributed by atoms with van der Waals surface area (Å²) in [4.78, 5) is 43.2. The second kappa shape index (κ2) is 9.61. The van der Waals surface area contributed by atoms with Crippen LogP contribution in [0.15, 0.2) is 40.4 Å². The molecule has 2 amide bonds. The lowest BCUT2D eigenvalue weighted by molar-refractivity contribution is -0.123. The minimum Gasteiger partial charge on any atom is -0.351 e. The zero-order chi connectivity index (χ0) is 25.3. The van der Waals surface area contributed by atoms with Gasteiger partial charge in [-0.1, -0.05) is 29.5 Å². The molecular formula is C24H32N6O3S. The molecule has 10 heteroatoms. The average Bonchev–Trinajstić information content (AvgIpc) is 3.11. The van der Waals surface area contributed by atoms with E-state index >= 15 is 0 Å². The van der Waals surface area contributed by atoms with E-state index in [1.165, 1.54) is 10.8 Å². The van der Waals surface area contributed by atoms with Gasteiger partial charge in [-0.05, 0) is 60.6 Å². The molecule has 0 saturated heterocycles. The Morgan fingerprint density at radius 2 is 1.56 bits per heavy atom. The van der Waals surface area contributed by atoms with Crippen molar-refractivity contribution in [3.05, 3.63) is 46.4 Å². The van der Waals surface area contributed by atoms with Gasteiger partial charge in [-0.15, -0.1) is 0 Å². The van der Waals surface area contributed by atoms with Gasteiger partial charge < -0.3 is 10.6 Å². The van der Waals surface area contributed by atoms with E-state index in [-0.39, 0.29) is 40.4 Å². The molecule has 0 aliphatic carbocycles. The Hall–Kier alpha value is -3.14. The number of carbonyl (C=O) groups is 2. The van der Waals surface area contributed by atoms with Crippen molar-refractivity contribution in [2.45, 2.75) is 71.2 Å². The first-order valence-corrected chi connectivity index (χ1v) is 12.0. The van der Waals surface area contributed by atoms with Crippen LogP contribution in [0, 0.1) is 6.92 Å². The number of hydrogen-bond acceptors (Lipinski definition) is 6. The summed E-state index contributed by atoms with van der Waals surface area (Å²) < 4.78 is 2.90. The van der Waals surface area contributed by atoms with Crippen LogP contribution >= 0.6 is 11.8 Å². The monoisotopic (exact) mass is 484 g/mol. The smallest absolute Gasteiger partial charge is 0.265 e. The molecule has 0 aliphatic heterocycles. The summed E-state index contributed by atoms with van der Waals surface area (Å²) in [6.45, 7) is 13.1. The molecule has 1 aromatic carbocycles. The maximum absolute atomic E-state index is 13.4. The molecule has 2 N–H and O–H groups in total. The van der Waals surface area contributed by atoms with Crippen molar-refractivity contribution < 1.29 is 9.59 Å². The second-order valence-electron chi connectivity index (χ2n) is 10.3. The van der Waals surface area contributed by atoms with E-state index in [2.05, 4.69) is 20.7 Å². The van der Waals surface area contributed by atoms with E-state index in [1.54, 1.807) is 4.68 Å². The van der Waals surface area contributed by atoms with Gasteiger partial charge in [0.25, 0.3) is 5.56 Å². The number of fused-ring (bicyclic) bond motifs is 1. The summed E-state index contributed by atoms with van der Waals surface area (Å²) in [5, 5.41) is 10.7. The third-order valence-corrected chi connectivity index (χ3v) is 5.57. The van der Waals surface area contributed by atoms with Crippen LogP contribution in [0.3, 0.4) is 0 Å². The molecule has 0 spiro atoms. The van der Waals surface area contributed by atoms with Crippen molar-refractivity contribution >= 4 is 34.6 Å². The van der Waals surface area contributed by atoms with Gasteiger partial charge >= 0.3 is 0 Å². The highest BCUT2D eigenvalue weighted by molar-refractivity contribution is 7.99. The second-order valence-corrected chi connectivity index (χ2v) is 11.2. The average molecular weight is 485 g/mol. The Balaban J connectivity index is 2.05. The Labute approximate surface area is 203 Å². The number of carbonyl (C=O) groups excluding carboxylic acids is 2. The predicted octanol–water partition coefficient (Wildman–Crippen LogP) is 2.81. The first kappa shape index (κ1) is 25.5. The molecule has 0 fully saturated rings. The van der Waals surface area contributed by atoms with Gasteiger partial charge in [0.1, 0.15) is 11.9 Å². The zero-order valence-electron chi connectivity index (χ0n) is 20.7. The van der Waals surface area contributed by atoms with Crippen molar-refractivity contribution in [3.8, 4) is 5.69 Å². The Morgan fingerprint density at radius 1 is 0.971 bits per heavy atom. The minimum atomic E-state index is -0.450. The van der Waals surface area contributed by atoms with Gasteiger partial charge in [-0.3, -0.25) is 19.0 Å². The summed E-state index contributed by atoms with van der Waals surface area (Å²) in [5.41, 5.74) is 1.02. The summed E-state index contributed by atoms with van der Waals surface area (Å²) in [7, 11) is 0. The van der Waals surface area contributed by atoms with E-state index in [4.69, 9.17) is 0 Å². The molecule has 2 heterocycles. The number of nitrogens with zero attached hydrogens (tertiary/aromatic N) is 4. The number of rotatable bonds is 6. The molecule has 0 bridgehead atoms. The maximum atomic E-state index is 13.4. The largest absolute Gasteiger partial charge is 0.351 e. The molecule has 3 aromatic rings. The number of thioether (sulfide) groups is 1. The number of aryl methyl sites for hydroxylation is 1. The van der Waals surface area contributed by atoms with E-state index in [9.17, 15) is 14.4 Å². The molecule has 0 saturated carbocycles.